The zero-order valence-corrected chi connectivity index (χ0v) is 14.6. The zero-order valence-electron chi connectivity index (χ0n) is 13.6. The molecule has 21 heavy (non-hydrogen) atoms. The van der Waals surface area contributed by atoms with Crippen LogP contribution in [0.4, 0.5) is 0 Å². The van der Waals surface area contributed by atoms with E-state index < -0.39 is 14.6 Å². The first-order valence-electron chi connectivity index (χ1n) is 7.41. The number of aliphatic hydroxyl groups excluding tert-OH is 1. The van der Waals surface area contributed by atoms with E-state index in [0.717, 1.165) is 16.9 Å². The van der Waals surface area contributed by atoms with Crippen molar-refractivity contribution in [3.8, 4) is 5.75 Å². The summed E-state index contributed by atoms with van der Waals surface area (Å²) in [6, 6.07) is 5.74. The Morgan fingerprint density at radius 1 is 1.24 bits per heavy atom. The second-order valence-electron chi connectivity index (χ2n) is 6.92. The minimum Gasteiger partial charge on any atom is -0.543 e. The Hall–Kier alpha value is -0.883. The van der Waals surface area contributed by atoms with E-state index in [4.69, 9.17) is 13.9 Å². The normalized spacial score (nSPS) is 17.2. The number of ether oxygens (including phenoxy) is 2. The quantitative estimate of drug-likeness (QED) is 0.863. The van der Waals surface area contributed by atoms with E-state index >= 15 is 0 Å². The molecule has 1 aromatic rings. The van der Waals surface area contributed by atoms with Crippen molar-refractivity contribution in [2.75, 3.05) is 13.2 Å². The minimum atomic E-state index is -1.96. The molecule has 0 saturated carbocycles. The van der Waals surface area contributed by atoms with E-state index in [9.17, 15) is 5.11 Å². The van der Waals surface area contributed by atoms with Crippen molar-refractivity contribution in [1.82, 2.24) is 0 Å². The van der Waals surface area contributed by atoms with Crippen LogP contribution < -0.4 is 4.43 Å². The van der Waals surface area contributed by atoms with Gasteiger partial charge in [-0.25, -0.2) is 0 Å². The first kappa shape index (κ1) is 16.5. The van der Waals surface area contributed by atoms with Gasteiger partial charge in [-0.05, 0) is 29.8 Å². The molecule has 1 N–H and O–H groups in total. The van der Waals surface area contributed by atoms with E-state index in [1.807, 2.05) is 18.2 Å². The van der Waals surface area contributed by atoms with Crippen LogP contribution in [-0.2, 0) is 16.1 Å². The van der Waals surface area contributed by atoms with E-state index in [-0.39, 0.29) is 11.6 Å². The fourth-order valence-electron chi connectivity index (χ4n) is 2.04. The highest BCUT2D eigenvalue weighted by Gasteiger charge is 2.40. The molecule has 0 aliphatic carbocycles. The van der Waals surface area contributed by atoms with Crippen molar-refractivity contribution in [3.63, 3.8) is 0 Å². The van der Waals surface area contributed by atoms with Crippen LogP contribution in [0.3, 0.4) is 0 Å². The lowest BCUT2D eigenvalue weighted by molar-refractivity contribution is -0.0462. The molecule has 0 spiro atoms. The third-order valence-corrected chi connectivity index (χ3v) is 8.70. The number of rotatable bonds is 4. The van der Waals surface area contributed by atoms with Crippen molar-refractivity contribution in [1.29, 1.82) is 0 Å². The Morgan fingerprint density at radius 3 is 2.38 bits per heavy atom. The molecule has 1 fully saturated rings. The maximum atomic E-state index is 9.61. The standard InChI is InChI=1S/C16H26O4Si/c1-16(2,3)21(4,5)20-13-8-6-7-12(11-17)14(13)15-18-9-10-19-15/h6-8,15,17H,9-11H2,1-5H3. The summed E-state index contributed by atoms with van der Waals surface area (Å²) in [6.45, 7) is 12.1. The van der Waals surface area contributed by atoms with Crippen LogP contribution in [0.2, 0.25) is 18.1 Å². The van der Waals surface area contributed by atoms with Crippen LogP contribution >= 0.6 is 0 Å². The summed E-state index contributed by atoms with van der Waals surface area (Å²) in [4.78, 5) is 0. The second-order valence-corrected chi connectivity index (χ2v) is 11.6. The Balaban J connectivity index is 2.39. The summed E-state index contributed by atoms with van der Waals surface area (Å²) in [6.07, 6.45) is -0.437. The summed E-state index contributed by atoms with van der Waals surface area (Å²) in [5.74, 6) is 0.778. The maximum absolute atomic E-state index is 9.61. The molecule has 118 valence electrons. The molecular formula is C16H26O4Si. The van der Waals surface area contributed by atoms with Crippen molar-refractivity contribution in [3.05, 3.63) is 29.3 Å². The number of hydrogen-bond donors (Lipinski definition) is 1. The average Bonchev–Trinajstić information content (AvgIpc) is 2.90. The van der Waals surface area contributed by atoms with Gasteiger partial charge in [-0.2, -0.15) is 0 Å². The first-order chi connectivity index (χ1) is 9.76. The van der Waals surface area contributed by atoms with E-state index in [1.54, 1.807) is 0 Å². The second kappa shape index (κ2) is 6.08. The first-order valence-corrected chi connectivity index (χ1v) is 10.3. The van der Waals surface area contributed by atoms with Crippen molar-refractivity contribution >= 4 is 8.32 Å². The van der Waals surface area contributed by atoms with Crippen LogP contribution in [0.1, 0.15) is 38.2 Å². The highest BCUT2D eigenvalue weighted by Crippen LogP contribution is 2.41. The van der Waals surface area contributed by atoms with Gasteiger partial charge in [-0.1, -0.05) is 32.9 Å². The van der Waals surface area contributed by atoms with Crippen molar-refractivity contribution < 1.29 is 19.0 Å². The smallest absolute Gasteiger partial charge is 0.250 e. The molecule has 0 radical (unpaired) electrons. The van der Waals surface area contributed by atoms with Crippen LogP contribution in [-0.4, -0.2) is 26.6 Å². The van der Waals surface area contributed by atoms with Gasteiger partial charge in [0, 0.05) is 0 Å². The van der Waals surface area contributed by atoms with Crippen LogP contribution in [0.25, 0.3) is 0 Å². The summed E-state index contributed by atoms with van der Waals surface area (Å²) in [7, 11) is -1.96. The molecule has 0 unspecified atom stereocenters. The minimum absolute atomic E-state index is 0.0484. The van der Waals surface area contributed by atoms with Gasteiger partial charge in [0.15, 0.2) is 6.29 Å². The third kappa shape index (κ3) is 3.48. The highest BCUT2D eigenvalue weighted by atomic mass is 28.4. The molecular weight excluding hydrogens is 284 g/mol. The highest BCUT2D eigenvalue weighted by molar-refractivity contribution is 6.74. The van der Waals surface area contributed by atoms with Gasteiger partial charge >= 0.3 is 0 Å². The summed E-state index contributed by atoms with van der Waals surface area (Å²) >= 11 is 0. The van der Waals surface area contributed by atoms with Crippen molar-refractivity contribution in [2.45, 2.75) is 51.8 Å². The molecule has 0 bridgehead atoms. The average molecular weight is 310 g/mol. The number of hydrogen-bond acceptors (Lipinski definition) is 4. The van der Waals surface area contributed by atoms with Crippen LogP contribution in [0.5, 0.6) is 5.75 Å². The Bertz CT molecular complexity index is 488. The fraction of sp³-hybridized carbons (Fsp3) is 0.625. The van der Waals surface area contributed by atoms with E-state index in [0.29, 0.717) is 13.2 Å². The molecule has 2 rings (SSSR count). The van der Waals surface area contributed by atoms with Gasteiger partial charge in [0.05, 0.1) is 25.4 Å². The maximum Gasteiger partial charge on any atom is 0.250 e. The largest absolute Gasteiger partial charge is 0.543 e. The predicted molar refractivity (Wildman–Crippen MR) is 84.8 cm³/mol. The molecule has 1 heterocycles. The summed E-state index contributed by atoms with van der Waals surface area (Å²) in [5, 5.41) is 9.71. The predicted octanol–water partition coefficient (Wildman–Crippen LogP) is 3.61. The lowest BCUT2D eigenvalue weighted by Gasteiger charge is -2.37. The molecule has 5 heteroatoms. The van der Waals surface area contributed by atoms with Gasteiger partial charge in [0.2, 0.25) is 8.32 Å². The Kier molecular flexibility index (Phi) is 4.78. The molecule has 4 nitrogen and oxygen atoms in total. The lowest BCUT2D eigenvalue weighted by Crippen LogP contribution is -2.44. The van der Waals surface area contributed by atoms with Gasteiger partial charge < -0.3 is 19.0 Å². The molecule has 1 aliphatic rings. The summed E-state index contributed by atoms with van der Waals surface area (Å²) in [5.41, 5.74) is 1.64. The number of benzene rings is 1. The Labute approximate surface area is 128 Å². The van der Waals surface area contributed by atoms with E-state index in [1.165, 1.54) is 0 Å². The lowest BCUT2D eigenvalue weighted by atomic mass is 10.1. The van der Waals surface area contributed by atoms with Crippen LogP contribution in [0, 0.1) is 0 Å². The Morgan fingerprint density at radius 2 is 1.86 bits per heavy atom. The van der Waals surface area contributed by atoms with Gasteiger partial charge in [0.25, 0.3) is 0 Å². The molecule has 0 atom stereocenters. The fourth-order valence-corrected chi connectivity index (χ4v) is 3.07. The van der Waals surface area contributed by atoms with Gasteiger partial charge in [0.1, 0.15) is 5.75 Å². The molecule has 1 aliphatic heterocycles. The molecule has 1 aromatic carbocycles. The molecule has 0 amide bonds. The summed E-state index contributed by atoms with van der Waals surface area (Å²) < 4.78 is 17.7. The number of aliphatic hydroxyl groups is 1. The zero-order chi connectivity index (χ0) is 15.7. The van der Waals surface area contributed by atoms with Gasteiger partial charge in [-0.15, -0.1) is 0 Å². The van der Waals surface area contributed by atoms with E-state index in [2.05, 4.69) is 33.9 Å². The van der Waals surface area contributed by atoms with Gasteiger partial charge in [-0.3, -0.25) is 0 Å². The molecule has 1 saturated heterocycles. The SMILES string of the molecule is CC(C)(C)[Si](C)(C)Oc1cccc(CO)c1C1OCCO1. The van der Waals surface area contributed by atoms with Crippen molar-refractivity contribution in [2.24, 2.45) is 0 Å². The third-order valence-electron chi connectivity index (χ3n) is 4.36. The molecule has 0 aromatic heterocycles. The monoisotopic (exact) mass is 310 g/mol. The topological polar surface area (TPSA) is 47.9 Å². The van der Waals surface area contributed by atoms with Crippen LogP contribution in [0.15, 0.2) is 18.2 Å².